The molecule has 0 N–H and O–H groups in total. The van der Waals surface area contributed by atoms with Gasteiger partial charge >= 0.3 is 0 Å². The number of ether oxygens (including phenoxy) is 1. The van der Waals surface area contributed by atoms with Crippen molar-refractivity contribution in [2.45, 2.75) is 44.7 Å². The summed E-state index contributed by atoms with van der Waals surface area (Å²) in [6.07, 6.45) is -1.45. The van der Waals surface area contributed by atoms with Crippen LogP contribution in [-0.4, -0.2) is 49.1 Å². The highest BCUT2D eigenvalue weighted by molar-refractivity contribution is 7.86. The van der Waals surface area contributed by atoms with Crippen LogP contribution >= 0.6 is 0 Å². The summed E-state index contributed by atoms with van der Waals surface area (Å²) in [5.41, 5.74) is -0.0133. The zero-order valence-corrected chi connectivity index (χ0v) is 18.1. The zero-order valence-electron chi connectivity index (χ0n) is 17.3. The van der Waals surface area contributed by atoms with Crippen LogP contribution in [0.1, 0.15) is 42.8 Å². The number of hydrogen-bond acceptors (Lipinski definition) is 6. The summed E-state index contributed by atoms with van der Waals surface area (Å²) >= 11 is 0. The van der Waals surface area contributed by atoms with E-state index in [1.54, 1.807) is 39.0 Å². The van der Waals surface area contributed by atoms with E-state index in [2.05, 4.69) is 0 Å². The number of carbonyl (C=O) groups excluding carboxylic acids is 2. The molecule has 1 fully saturated rings. The van der Waals surface area contributed by atoms with Gasteiger partial charge in [0, 0.05) is 5.56 Å². The van der Waals surface area contributed by atoms with E-state index in [9.17, 15) is 18.0 Å². The summed E-state index contributed by atoms with van der Waals surface area (Å²) in [5.74, 6) is -1.48. The Balaban J connectivity index is 1.97. The first kappa shape index (κ1) is 22.1. The summed E-state index contributed by atoms with van der Waals surface area (Å²) < 4.78 is 34.8. The Kier molecular flexibility index (Phi) is 6.12. The van der Waals surface area contributed by atoms with Crippen molar-refractivity contribution < 1.29 is 26.9 Å². The number of benzene rings is 2. The highest BCUT2D eigenvalue weighted by Crippen LogP contribution is 2.41. The summed E-state index contributed by atoms with van der Waals surface area (Å²) in [4.78, 5) is 27.9. The smallest absolute Gasteiger partial charge is 0.265 e. The van der Waals surface area contributed by atoms with Gasteiger partial charge in [-0.1, -0.05) is 60.7 Å². The third-order valence-electron chi connectivity index (χ3n) is 5.00. The molecule has 1 unspecified atom stereocenters. The van der Waals surface area contributed by atoms with Crippen LogP contribution in [0.3, 0.4) is 0 Å². The summed E-state index contributed by atoms with van der Waals surface area (Å²) in [6.45, 7) is 5.21. The van der Waals surface area contributed by atoms with E-state index in [4.69, 9.17) is 8.92 Å². The van der Waals surface area contributed by atoms with Crippen molar-refractivity contribution in [3.8, 4) is 0 Å². The second kappa shape index (κ2) is 8.29. The third-order valence-corrected chi connectivity index (χ3v) is 5.54. The predicted octanol–water partition coefficient (Wildman–Crippen LogP) is 2.94. The third kappa shape index (κ3) is 4.61. The minimum absolute atomic E-state index is 0.185. The molecule has 1 aliphatic heterocycles. The average Bonchev–Trinajstić information content (AvgIpc) is 2.94. The van der Waals surface area contributed by atoms with Gasteiger partial charge in [0.25, 0.3) is 16.0 Å². The Morgan fingerprint density at radius 2 is 1.57 bits per heavy atom. The molecule has 1 amide bonds. The van der Waals surface area contributed by atoms with Crippen molar-refractivity contribution in [3.05, 3.63) is 71.8 Å². The van der Waals surface area contributed by atoms with Crippen LogP contribution < -0.4 is 0 Å². The Morgan fingerprint density at radius 3 is 2.10 bits per heavy atom. The van der Waals surface area contributed by atoms with Gasteiger partial charge in [0.2, 0.25) is 11.9 Å². The minimum atomic E-state index is -4.08. The van der Waals surface area contributed by atoms with E-state index in [0.717, 1.165) is 11.8 Å². The summed E-state index contributed by atoms with van der Waals surface area (Å²) in [5, 5.41) is 0. The highest BCUT2D eigenvalue weighted by Gasteiger charge is 2.51. The maximum absolute atomic E-state index is 13.5. The van der Waals surface area contributed by atoms with Crippen molar-refractivity contribution in [2.24, 2.45) is 0 Å². The van der Waals surface area contributed by atoms with E-state index in [0.29, 0.717) is 0 Å². The average molecular weight is 432 g/mol. The van der Waals surface area contributed by atoms with Crippen LogP contribution in [0.2, 0.25) is 0 Å². The van der Waals surface area contributed by atoms with Crippen LogP contribution in [0.5, 0.6) is 0 Å². The molecule has 0 saturated carbocycles. The van der Waals surface area contributed by atoms with Gasteiger partial charge in [-0.05, 0) is 26.3 Å². The van der Waals surface area contributed by atoms with Crippen LogP contribution in [0.25, 0.3) is 0 Å². The molecule has 1 aliphatic rings. The maximum Gasteiger partial charge on any atom is 0.265 e. The maximum atomic E-state index is 13.5. The number of amides is 1. The molecule has 0 aliphatic carbocycles. The van der Waals surface area contributed by atoms with Crippen molar-refractivity contribution in [2.75, 3.05) is 6.26 Å². The number of carbonyl (C=O) groups is 2. The number of Topliss-reactive ketones (excluding diaryl/α,β-unsaturated/α-hetero) is 1. The molecule has 160 valence electrons. The second-order valence-electron chi connectivity index (χ2n) is 7.76. The number of hydrogen-bond donors (Lipinski definition) is 0. The predicted molar refractivity (Wildman–Crippen MR) is 111 cm³/mol. The number of ketones is 1. The van der Waals surface area contributed by atoms with Gasteiger partial charge < -0.3 is 9.64 Å². The van der Waals surface area contributed by atoms with Crippen LogP contribution in [0.15, 0.2) is 60.7 Å². The SMILES string of the molecule is C[C@H]1[C@@H](c2ccccc2)OC(C)(C)N1C(=O)C(OS(C)(=O)=O)C(=O)c1ccccc1. The molecule has 3 atom stereocenters. The fourth-order valence-electron chi connectivity index (χ4n) is 3.80. The first-order valence-corrected chi connectivity index (χ1v) is 11.4. The standard InChI is InChI=1S/C22H25NO6S/c1-15-19(17-13-9-6-10-14-17)28-22(2,3)23(15)21(25)20(29-30(4,26)27)18(24)16-11-7-5-8-12-16/h5-15,19-20H,1-4H3/t15-,19-,20?/m0/s1. The molecule has 0 radical (unpaired) electrons. The molecule has 0 bridgehead atoms. The second-order valence-corrected chi connectivity index (χ2v) is 9.36. The van der Waals surface area contributed by atoms with Crippen LogP contribution in [-0.2, 0) is 23.8 Å². The lowest BCUT2D eigenvalue weighted by molar-refractivity contribution is -0.152. The van der Waals surface area contributed by atoms with Crippen molar-refractivity contribution in [3.63, 3.8) is 0 Å². The molecule has 8 heteroatoms. The molecular weight excluding hydrogens is 406 g/mol. The first-order chi connectivity index (χ1) is 14.0. The molecule has 1 heterocycles. The molecule has 2 aromatic rings. The molecule has 1 saturated heterocycles. The van der Waals surface area contributed by atoms with Gasteiger partial charge in [-0.3, -0.25) is 9.59 Å². The Morgan fingerprint density at radius 1 is 1.03 bits per heavy atom. The van der Waals surface area contributed by atoms with Crippen molar-refractivity contribution in [1.29, 1.82) is 0 Å². The fourth-order valence-corrected chi connectivity index (χ4v) is 4.32. The Hall–Kier alpha value is -2.55. The Labute approximate surface area is 176 Å². The van der Waals surface area contributed by atoms with Gasteiger partial charge in [-0.2, -0.15) is 8.42 Å². The fraction of sp³-hybridized carbons (Fsp3) is 0.364. The number of nitrogens with zero attached hydrogens (tertiary/aromatic N) is 1. The summed E-state index contributed by atoms with van der Waals surface area (Å²) in [7, 11) is -4.08. The molecule has 7 nitrogen and oxygen atoms in total. The van der Waals surface area contributed by atoms with Gasteiger partial charge in [0.15, 0.2) is 0 Å². The number of rotatable bonds is 6. The lowest BCUT2D eigenvalue weighted by Crippen LogP contribution is -2.54. The molecular formula is C22H25NO6S. The van der Waals surface area contributed by atoms with Gasteiger partial charge in [-0.25, -0.2) is 4.18 Å². The first-order valence-electron chi connectivity index (χ1n) is 9.55. The molecule has 3 rings (SSSR count). The van der Waals surface area contributed by atoms with Gasteiger partial charge in [0.05, 0.1) is 12.3 Å². The van der Waals surface area contributed by atoms with E-state index < -0.39 is 45.8 Å². The van der Waals surface area contributed by atoms with Gasteiger partial charge in [-0.15, -0.1) is 0 Å². The topological polar surface area (TPSA) is 90.0 Å². The van der Waals surface area contributed by atoms with Gasteiger partial charge in [0.1, 0.15) is 11.8 Å². The Bertz CT molecular complexity index is 1020. The summed E-state index contributed by atoms with van der Waals surface area (Å²) in [6, 6.07) is 17.0. The zero-order chi connectivity index (χ0) is 22.1. The molecule has 0 aromatic heterocycles. The molecule has 0 spiro atoms. The lowest BCUT2D eigenvalue weighted by Gasteiger charge is -2.34. The molecule has 2 aromatic carbocycles. The quantitative estimate of drug-likeness (QED) is 0.397. The molecule has 30 heavy (non-hydrogen) atoms. The van der Waals surface area contributed by atoms with Crippen molar-refractivity contribution >= 4 is 21.8 Å². The largest absolute Gasteiger partial charge is 0.346 e. The van der Waals surface area contributed by atoms with E-state index >= 15 is 0 Å². The monoisotopic (exact) mass is 431 g/mol. The van der Waals surface area contributed by atoms with E-state index in [-0.39, 0.29) is 5.56 Å². The normalized spacial score (nSPS) is 21.9. The van der Waals surface area contributed by atoms with Crippen LogP contribution in [0.4, 0.5) is 0 Å². The lowest BCUT2D eigenvalue weighted by atomic mass is 10.0. The van der Waals surface area contributed by atoms with Crippen LogP contribution in [0, 0.1) is 0 Å². The minimum Gasteiger partial charge on any atom is -0.346 e. The highest BCUT2D eigenvalue weighted by atomic mass is 32.2. The van der Waals surface area contributed by atoms with Crippen molar-refractivity contribution in [1.82, 2.24) is 4.90 Å². The van der Waals surface area contributed by atoms with E-state index in [1.807, 2.05) is 30.3 Å². The van der Waals surface area contributed by atoms with E-state index in [1.165, 1.54) is 17.0 Å².